The number of hydrogen-bond donors (Lipinski definition) is 0. The van der Waals surface area contributed by atoms with E-state index in [-0.39, 0.29) is 13.2 Å². The summed E-state index contributed by atoms with van der Waals surface area (Å²) < 4.78 is 39.4. The van der Waals surface area contributed by atoms with Crippen LogP contribution in [0.3, 0.4) is 0 Å². The quantitative estimate of drug-likeness (QED) is 0.253. The molecule has 3 aromatic rings. The number of ether oxygens (including phenoxy) is 6. The van der Waals surface area contributed by atoms with Crippen molar-refractivity contribution in [3.8, 4) is 0 Å². The molecule has 0 aromatic heterocycles. The number of fused-ring (bicyclic) bond motifs is 1. The van der Waals surface area contributed by atoms with Gasteiger partial charge in [-0.1, -0.05) is 104 Å². The second kappa shape index (κ2) is 12.3. The summed E-state index contributed by atoms with van der Waals surface area (Å²) >= 11 is 0. The first-order valence-corrected chi connectivity index (χ1v) is 13.9. The van der Waals surface area contributed by atoms with Crippen LogP contribution in [0.15, 0.2) is 91.0 Å². The van der Waals surface area contributed by atoms with Gasteiger partial charge in [-0.15, -0.1) is 0 Å². The highest BCUT2D eigenvalue weighted by atomic mass is 16.9. The Labute approximate surface area is 232 Å². The van der Waals surface area contributed by atoms with Crippen molar-refractivity contribution in [1.29, 1.82) is 0 Å². The fourth-order valence-electron chi connectivity index (χ4n) is 5.70. The summed E-state index contributed by atoms with van der Waals surface area (Å²) in [5, 5.41) is 0. The van der Waals surface area contributed by atoms with E-state index in [1.807, 2.05) is 68.4 Å². The molecule has 2 saturated heterocycles. The second-order valence-corrected chi connectivity index (χ2v) is 10.9. The molecule has 3 atom stereocenters. The molecule has 0 radical (unpaired) electrons. The summed E-state index contributed by atoms with van der Waals surface area (Å²) in [5.41, 5.74) is 1.46. The summed E-state index contributed by atoms with van der Waals surface area (Å²) in [6, 6.07) is 30.5. The Kier molecular flexibility index (Phi) is 8.82. The fourth-order valence-corrected chi connectivity index (χ4v) is 5.70. The molecule has 2 aliphatic heterocycles. The highest BCUT2D eigenvalue weighted by molar-refractivity contribution is 5.19. The lowest BCUT2D eigenvalue weighted by atomic mass is 9.77. The van der Waals surface area contributed by atoms with Crippen molar-refractivity contribution in [2.45, 2.75) is 82.8 Å². The third kappa shape index (κ3) is 6.27. The van der Waals surface area contributed by atoms with E-state index in [1.165, 1.54) is 0 Å². The lowest BCUT2D eigenvalue weighted by Gasteiger charge is -2.46. The number of benzene rings is 3. The van der Waals surface area contributed by atoms with Gasteiger partial charge in [0.2, 0.25) is 0 Å². The van der Waals surface area contributed by atoms with Crippen LogP contribution in [0.2, 0.25) is 0 Å². The molecule has 2 aliphatic rings. The van der Waals surface area contributed by atoms with E-state index in [2.05, 4.69) is 43.3 Å². The molecule has 2 heterocycles. The first kappa shape index (κ1) is 28.0. The zero-order valence-corrected chi connectivity index (χ0v) is 23.2. The first-order valence-electron chi connectivity index (χ1n) is 13.9. The van der Waals surface area contributed by atoms with Gasteiger partial charge in [0.25, 0.3) is 0 Å². The Hall–Kier alpha value is -2.58. The van der Waals surface area contributed by atoms with Crippen LogP contribution in [0.4, 0.5) is 0 Å². The molecule has 6 heteroatoms. The minimum Gasteiger partial charge on any atom is -0.374 e. The molecule has 0 amide bonds. The van der Waals surface area contributed by atoms with E-state index >= 15 is 0 Å². The van der Waals surface area contributed by atoms with Gasteiger partial charge in [0.05, 0.1) is 33.0 Å². The molecular weight excluding hydrogens is 492 g/mol. The van der Waals surface area contributed by atoms with E-state index in [0.717, 1.165) is 23.1 Å². The van der Waals surface area contributed by atoms with Crippen LogP contribution >= 0.6 is 0 Å². The van der Waals surface area contributed by atoms with Gasteiger partial charge in [-0.25, -0.2) is 0 Å². The van der Waals surface area contributed by atoms with Crippen molar-refractivity contribution in [3.63, 3.8) is 0 Å². The lowest BCUT2D eigenvalue weighted by molar-refractivity contribution is -0.292. The molecule has 6 nitrogen and oxygen atoms in total. The third-order valence-electron chi connectivity index (χ3n) is 7.48. The van der Waals surface area contributed by atoms with E-state index in [4.69, 9.17) is 28.4 Å². The van der Waals surface area contributed by atoms with Crippen LogP contribution < -0.4 is 0 Å². The SMILES string of the molecule is CCC[C@]1(OCc2ccccc2)[C@H]2OC(C)(C)O[C@H]2OC1(COCc1ccccc1)COCc1ccccc1. The molecule has 3 aromatic carbocycles. The van der Waals surface area contributed by atoms with Gasteiger partial charge in [-0.05, 0) is 37.0 Å². The molecule has 39 heavy (non-hydrogen) atoms. The van der Waals surface area contributed by atoms with Gasteiger partial charge in [-0.2, -0.15) is 0 Å². The molecule has 0 saturated carbocycles. The summed E-state index contributed by atoms with van der Waals surface area (Å²) in [5.74, 6) is -0.785. The molecular formula is C33H40O6. The molecule has 5 rings (SSSR count). The van der Waals surface area contributed by atoms with Crippen molar-refractivity contribution < 1.29 is 28.4 Å². The van der Waals surface area contributed by atoms with Gasteiger partial charge >= 0.3 is 0 Å². The standard InChI is InChI=1S/C33H40O6/c1-4-20-33(36-23-28-18-12-7-13-19-28)29-30(38-31(2,3)37-29)39-32(33,24-34-21-26-14-8-5-9-15-26)25-35-22-27-16-10-6-11-17-27/h5-19,29-30H,4,20-25H2,1-3H3/t29-,30-,33-/m0/s1. The monoisotopic (exact) mass is 532 g/mol. The number of rotatable bonds is 13. The predicted molar refractivity (Wildman–Crippen MR) is 149 cm³/mol. The van der Waals surface area contributed by atoms with Crippen molar-refractivity contribution in [2.75, 3.05) is 13.2 Å². The maximum absolute atomic E-state index is 6.96. The minimum atomic E-state index is -0.951. The zero-order chi connectivity index (χ0) is 27.2. The first-order chi connectivity index (χ1) is 19.0. The van der Waals surface area contributed by atoms with Gasteiger partial charge in [-0.3, -0.25) is 0 Å². The maximum Gasteiger partial charge on any atom is 0.191 e. The Bertz CT molecular complexity index is 1110. The van der Waals surface area contributed by atoms with Gasteiger partial charge in [0, 0.05) is 0 Å². The molecule has 0 bridgehead atoms. The van der Waals surface area contributed by atoms with E-state index in [0.29, 0.717) is 26.2 Å². The number of hydrogen-bond acceptors (Lipinski definition) is 6. The van der Waals surface area contributed by atoms with E-state index < -0.39 is 29.4 Å². The average Bonchev–Trinajstić information content (AvgIpc) is 3.37. The Morgan fingerprint density at radius 3 is 1.62 bits per heavy atom. The highest BCUT2D eigenvalue weighted by Gasteiger charge is 2.71. The topological polar surface area (TPSA) is 55.4 Å². The third-order valence-corrected chi connectivity index (χ3v) is 7.48. The summed E-state index contributed by atoms with van der Waals surface area (Å²) in [6.45, 7) is 7.85. The second-order valence-electron chi connectivity index (χ2n) is 10.9. The van der Waals surface area contributed by atoms with Crippen molar-refractivity contribution in [1.82, 2.24) is 0 Å². The minimum absolute atomic E-state index is 0.269. The Morgan fingerprint density at radius 2 is 1.13 bits per heavy atom. The average molecular weight is 533 g/mol. The van der Waals surface area contributed by atoms with Crippen LogP contribution in [0, 0.1) is 0 Å². The van der Waals surface area contributed by atoms with Crippen LogP contribution in [0.1, 0.15) is 50.3 Å². The lowest BCUT2D eigenvalue weighted by Crippen LogP contribution is -2.63. The van der Waals surface area contributed by atoms with E-state index in [1.54, 1.807) is 0 Å². The molecule has 2 fully saturated rings. The summed E-state index contributed by atoms with van der Waals surface area (Å²) in [7, 11) is 0. The van der Waals surface area contributed by atoms with Crippen LogP contribution in [0.5, 0.6) is 0 Å². The van der Waals surface area contributed by atoms with Crippen molar-refractivity contribution in [2.24, 2.45) is 0 Å². The molecule has 0 spiro atoms. The van der Waals surface area contributed by atoms with Gasteiger partial charge < -0.3 is 28.4 Å². The van der Waals surface area contributed by atoms with Crippen LogP contribution in [0.25, 0.3) is 0 Å². The van der Waals surface area contributed by atoms with Crippen molar-refractivity contribution in [3.05, 3.63) is 108 Å². The molecule has 0 N–H and O–H groups in total. The van der Waals surface area contributed by atoms with Gasteiger partial charge in [0.1, 0.15) is 17.3 Å². The van der Waals surface area contributed by atoms with E-state index in [9.17, 15) is 0 Å². The Morgan fingerprint density at radius 1 is 0.641 bits per heavy atom. The molecule has 0 aliphatic carbocycles. The molecule has 208 valence electrons. The molecule has 0 unspecified atom stereocenters. The smallest absolute Gasteiger partial charge is 0.191 e. The van der Waals surface area contributed by atoms with Crippen molar-refractivity contribution >= 4 is 0 Å². The normalized spacial score (nSPS) is 25.0. The van der Waals surface area contributed by atoms with Crippen LogP contribution in [-0.4, -0.2) is 42.6 Å². The van der Waals surface area contributed by atoms with Gasteiger partial charge in [0.15, 0.2) is 12.1 Å². The predicted octanol–water partition coefficient (Wildman–Crippen LogP) is 6.42. The largest absolute Gasteiger partial charge is 0.374 e. The zero-order valence-electron chi connectivity index (χ0n) is 23.2. The fraction of sp³-hybridized carbons (Fsp3) is 0.455. The highest BCUT2D eigenvalue weighted by Crippen LogP contribution is 2.53. The summed E-state index contributed by atoms with van der Waals surface area (Å²) in [4.78, 5) is 0. The maximum atomic E-state index is 6.96. The van der Waals surface area contributed by atoms with Crippen LogP contribution in [-0.2, 0) is 48.2 Å². The summed E-state index contributed by atoms with van der Waals surface area (Å²) in [6.07, 6.45) is 0.536. The Balaban J connectivity index is 1.46.